The fourth-order valence-corrected chi connectivity index (χ4v) is 3.26. The van der Waals surface area contributed by atoms with Crippen LogP contribution in [0, 0.1) is 0 Å². The molecule has 3 rings (SSSR count). The van der Waals surface area contributed by atoms with Gasteiger partial charge in [0.25, 0.3) is 5.91 Å². The first kappa shape index (κ1) is 18.9. The van der Waals surface area contributed by atoms with Gasteiger partial charge in [0.2, 0.25) is 0 Å². The maximum Gasteiger partial charge on any atom is 0.273 e. The third-order valence-electron chi connectivity index (χ3n) is 4.53. The Balaban J connectivity index is 2.00. The largest absolute Gasteiger partial charge is 0.493 e. The predicted octanol–water partition coefficient (Wildman–Crippen LogP) is 1.26. The van der Waals surface area contributed by atoms with Crippen molar-refractivity contribution in [1.29, 1.82) is 0 Å². The van der Waals surface area contributed by atoms with Crippen LogP contribution >= 0.6 is 0 Å². The second-order valence-electron chi connectivity index (χ2n) is 6.10. The molecule has 1 saturated heterocycles. The number of hydrogen-bond acceptors (Lipinski definition) is 7. The fraction of sp³-hybridized carbons (Fsp3) is 0.368. The highest BCUT2D eigenvalue weighted by Gasteiger charge is 2.37. The van der Waals surface area contributed by atoms with E-state index in [0.717, 1.165) is 5.56 Å². The predicted molar refractivity (Wildman–Crippen MR) is 98.8 cm³/mol. The number of anilines is 1. The molecule has 1 aliphatic rings. The van der Waals surface area contributed by atoms with Crippen LogP contribution in [0.3, 0.4) is 0 Å². The Morgan fingerprint density at radius 2 is 2.07 bits per heavy atom. The van der Waals surface area contributed by atoms with Gasteiger partial charge in [-0.25, -0.2) is 4.98 Å². The van der Waals surface area contributed by atoms with Crippen LogP contribution in [0.25, 0.3) is 0 Å². The lowest BCUT2D eigenvalue weighted by Crippen LogP contribution is -2.49. The van der Waals surface area contributed by atoms with Crippen LogP contribution in [0.2, 0.25) is 0 Å². The van der Waals surface area contributed by atoms with Crippen LogP contribution in [0.15, 0.2) is 36.4 Å². The van der Waals surface area contributed by atoms with Crippen LogP contribution in [0.4, 0.5) is 5.82 Å². The number of benzene rings is 1. The number of carbonyl (C=O) groups is 1. The maximum absolute atomic E-state index is 13.1. The molecule has 8 nitrogen and oxygen atoms in total. The molecule has 1 fully saturated rings. The van der Waals surface area contributed by atoms with Gasteiger partial charge >= 0.3 is 0 Å². The highest BCUT2D eigenvalue weighted by Crippen LogP contribution is 2.36. The number of aromatic nitrogens is 1. The zero-order chi connectivity index (χ0) is 19.4. The van der Waals surface area contributed by atoms with E-state index in [1.165, 1.54) is 0 Å². The normalized spacial score (nSPS) is 19.6. The lowest BCUT2D eigenvalue weighted by molar-refractivity contribution is -0.0813. The van der Waals surface area contributed by atoms with E-state index in [1.807, 2.05) is 6.07 Å². The van der Waals surface area contributed by atoms with Gasteiger partial charge in [-0.15, -0.1) is 0 Å². The van der Waals surface area contributed by atoms with Gasteiger partial charge in [0.1, 0.15) is 17.6 Å². The minimum atomic E-state index is -0.568. The third-order valence-corrected chi connectivity index (χ3v) is 4.53. The van der Waals surface area contributed by atoms with E-state index in [2.05, 4.69) is 4.98 Å². The number of pyridine rings is 1. The number of amides is 1. The van der Waals surface area contributed by atoms with Crippen molar-refractivity contribution in [1.82, 2.24) is 9.88 Å². The van der Waals surface area contributed by atoms with Crippen molar-refractivity contribution in [3.8, 4) is 11.5 Å². The van der Waals surface area contributed by atoms with Gasteiger partial charge in [-0.1, -0.05) is 12.1 Å². The Hall–Kier alpha value is -2.84. The SMILES string of the molecule is COc1ccc([C@@H]2[C@@H](CO)OCCN2C(=O)c2cccc(N)n2)cc1OC. The molecular formula is C19H23N3O5. The average Bonchev–Trinajstić information content (AvgIpc) is 2.72. The van der Waals surface area contributed by atoms with Crippen molar-refractivity contribution >= 4 is 11.7 Å². The first-order valence-corrected chi connectivity index (χ1v) is 8.57. The molecule has 27 heavy (non-hydrogen) atoms. The number of aliphatic hydroxyl groups excluding tert-OH is 1. The fourth-order valence-electron chi connectivity index (χ4n) is 3.26. The number of carbonyl (C=O) groups excluding carboxylic acids is 1. The molecule has 0 radical (unpaired) electrons. The number of rotatable bonds is 5. The molecule has 1 aromatic carbocycles. The van der Waals surface area contributed by atoms with Crippen LogP contribution in [-0.2, 0) is 4.74 Å². The topological polar surface area (TPSA) is 107 Å². The second kappa shape index (κ2) is 8.24. The summed E-state index contributed by atoms with van der Waals surface area (Å²) in [7, 11) is 3.10. The van der Waals surface area contributed by atoms with Crippen LogP contribution < -0.4 is 15.2 Å². The first-order chi connectivity index (χ1) is 13.1. The molecule has 0 bridgehead atoms. The average molecular weight is 373 g/mol. The molecule has 0 spiro atoms. The number of ether oxygens (including phenoxy) is 3. The van der Waals surface area contributed by atoms with Crippen molar-refractivity contribution in [3.63, 3.8) is 0 Å². The molecule has 8 heteroatoms. The number of morpholine rings is 1. The zero-order valence-corrected chi connectivity index (χ0v) is 15.3. The Kier molecular flexibility index (Phi) is 5.78. The summed E-state index contributed by atoms with van der Waals surface area (Å²) in [5, 5.41) is 9.81. The number of hydrogen-bond donors (Lipinski definition) is 2. The Labute approximate surface area is 157 Å². The number of aliphatic hydroxyl groups is 1. The molecule has 2 atom stereocenters. The Bertz CT molecular complexity index is 814. The van der Waals surface area contributed by atoms with E-state index in [1.54, 1.807) is 49.5 Å². The summed E-state index contributed by atoms with van der Waals surface area (Å²) in [6.45, 7) is 0.459. The molecule has 1 amide bonds. The highest BCUT2D eigenvalue weighted by atomic mass is 16.5. The quantitative estimate of drug-likeness (QED) is 0.812. The molecule has 2 aromatic rings. The number of nitrogens with zero attached hydrogens (tertiary/aromatic N) is 2. The first-order valence-electron chi connectivity index (χ1n) is 8.57. The van der Waals surface area contributed by atoms with Crippen LogP contribution in [-0.4, -0.2) is 61.0 Å². The lowest BCUT2D eigenvalue weighted by atomic mass is 9.97. The molecule has 1 aliphatic heterocycles. The maximum atomic E-state index is 13.1. The summed E-state index contributed by atoms with van der Waals surface area (Å²) in [4.78, 5) is 18.9. The van der Waals surface area contributed by atoms with Crippen molar-refractivity contribution in [2.45, 2.75) is 12.1 Å². The van der Waals surface area contributed by atoms with Gasteiger partial charge < -0.3 is 30.0 Å². The number of nitrogen functional groups attached to an aromatic ring is 1. The Morgan fingerprint density at radius 3 is 2.74 bits per heavy atom. The van der Waals surface area contributed by atoms with Crippen molar-refractivity contribution in [2.24, 2.45) is 0 Å². The van der Waals surface area contributed by atoms with Gasteiger partial charge in [-0.05, 0) is 29.8 Å². The molecule has 144 valence electrons. The van der Waals surface area contributed by atoms with Crippen LogP contribution in [0.1, 0.15) is 22.1 Å². The van der Waals surface area contributed by atoms with Crippen LogP contribution in [0.5, 0.6) is 11.5 Å². The monoisotopic (exact) mass is 373 g/mol. The molecule has 0 saturated carbocycles. The van der Waals surface area contributed by atoms with E-state index >= 15 is 0 Å². The van der Waals surface area contributed by atoms with E-state index in [9.17, 15) is 9.90 Å². The van der Waals surface area contributed by atoms with E-state index in [0.29, 0.717) is 24.7 Å². The van der Waals surface area contributed by atoms with E-state index in [-0.39, 0.29) is 24.0 Å². The third kappa shape index (κ3) is 3.81. The van der Waals surface area contributed by atoms with Crippen molar-refractivity contribution in [3.05, 3.63) is 47.7 Å². The van der Waals surface area contributed by atoms with Gasteiger partial charge in [-0.2, -0.15) is 0 Å². The minimum Gasteiger partial charge on any atom is -0.493 e. The highest BCUT2D eigenvalue weighted by molar-refractivity contribution is 5.93. The number of nitrogens with two attached hydrogens (primary N) is 1. The molecule has 1 aromatic heterocycles. The second-order valence-corrected chi connectivity index (χ2v) is 6.10. The summed E-state index contributed by atoms with van der Waals surface area (Å²) >= 11 is 0. The smallest absolute Gasteiger partial charge is 0.273 e. The molecule has 0 aliphatic carbocycles. The molecule has 3 N–H and O–H groups in total. The van der Waals surface area contributed by atoms with Gasteiger partial charge in [0.05, 0.1) is 33.5 Å². The summed E-state index contributed by atoms with van der Waals surface area (Å²) in [6.07, 6.45) is -0.568. The van der Waals surface area contributed by atoms with E-state index in [4.69, 9.17) is 19.9 Å². The van der Waals surface area contributed by atoms with Gasteiger partial charge in [0.15, 0.2) is 11.5 Å². The molecule has 0 unspecified atom stereocenters. The standard InChI is InChI=1S/C19H23N3O5/c1-25-14-7-6-12(10-15(14)26-2)18-16(11-23)27-9-8-22(18)19(24)13-4-3-5-17(20)21-13/h3-7,10,16,18,23H,8-9,11H2,1-2H3,(H2,20,21)/t16-,18-/m1/s1. The molecule has 2 heterocycles. The summed E-state index contributed by atoms with van der Waals surface area (Å²) in [6, 6.07) is 9.81. The molecular weight excluding hydrogens is 350 g/mol. The van der Waals surface area contributed by atoms with E-state index < -0.39 is 12.1 Å². The van der Waals surface area contributed by atoms with Crippen molar-refractivity contribution < 1.29 is 24.1 Å². The minimum absolute atomic E-state index is 0.229. The van der Waals surface area contributed by atoms with Gasteiger partial charge in [0, 0.05) is 6.54 Å². The Morgan fingerprint density at radius 1 is 1.30 bits per heavy atom. The number of methoxy groups -OCH3 is 2. The lowest BCUT2D eigenvalue weighted by Gasteiger charge is -2.40. The summed E-state index contributed by atoms with van der Waals surface area (Å²) in [5.74, 6) is 1.11. The van der Waals surface area contributed by atoms with Crippen molar-refractivity contribution in [2.75, 3.05) is 39.7 Å². The zero-order valence-electron chi connectivity index (χ0n) is 15.3. The summed E-state index contributed by atoms with van der Waals surface area (Å²) in [5.41, 5.74) is 6.73. The van der Waals surface area contributed by atoms with Gasteiger partial charge in [-0.3, -0.25) is 4.79 Å². The summed E-state index contributed by atoms with van der Waals surface area (Å²) < 4.78 is 16.4.